The van der Waals surface area contributed by atoms with E-state index in [1.54, 1.807) is 0 Å². The number of hydrogen-bond donors (Lipinski definition) is 0. The molecule has 94 valence electrons. The van der Waals surface area contributed by atoms with Gasteiger partial charge in [0.2, 0.25) is 0 Å². The number of fused-ring (bicyclic) bond motifs is 1. The lowest BCUT2D eigenvalue weighted by molar-refractivity contribution is -0.225. The number of benzene rings is 2. The molecule has 2 aromatic rings. The quantitative estimate of drug-likeness (QED) is 0.754. The van der Waals surface area contributed by atoms with Crippen LogP contribution in [0.4, 0.5) is 0 Å². The van der Waals surface area contributed by atoms with E-state index in [0.29, 0.717) is 0 Å². The van der Waals surface area contributed by atoms with Gasteiger partial charge in [-0.25, -0.2) is 0 Å². The Hall–Kier alpha value is -1.38. The molecule has 0 N–H and O–H groups in total. The molecule has 0 saturated carbocycles. The highest BCUT2D eigenvalue weighted by atomic mass is 16.7. The highest BCUT2D eigenvalue weighted by molar-refractivity contribution is 5.85. The first-order chi connectivity index (χ1) is 8.66. The summed E-state index contributed by atoms with van der Waals surface area (Å²) in [7, 11) is 0. The van der Waals surface area contributed by atoms with Crippen LogP contribution < -0.4 is 0 Å². The minimum absolute atomic E-state index is 0.112. The number of ether oxygens (including phenoxy) is 2. The van der Waals surface area contributed by atoms with Crippen molar-refractivity contribution in [2.24, 2.45) is 5.41 Å². The van der Waals surface area contributed by atoms with E-state index in [9.17, 15) is 0 Å². The first-order valence-corrected chi connectivity index (χ1v) is 6.37. The molecule has 0 aromatic heterocycles. The Morgan fingerprint density at radius 2 is 1.61 bits per heavy atom. The van der Waals surface area contributed by atoms with Gasteiger partial charge in [-0.05, 0) is 10.8 Å². The molecule has 0 radical (unpaired) electrons. The Morgan fingerprint density at radius 1 is 0.944 bits per heavy atom. The van der Waals surface area contributed by atoms with Crippen molar-refractivity contribution < 1.29 is 9.47 Å². The van der Waals surface area contributed by atoms with Crippen molar-refractivity contribution >= 4 is 10.8 Å². The second-order valence-electron chi connectivity index (χ2n) is 5.69. The van der Waals surface area contributed by atoms with E-state index in [1.807, 2.05) is 0 Å². The third-order valence-corrected chi connectivity index (χ3v) is 3.33. The molecule has 0 unspecified atom stereocenters. The third kappa shape index (κ3) is 2.14. The molecule has 1 aliphatic heterocycles. The fourth-order valence-corrected chi connectivity index (χ4v) is 2.33. The molecule has 2 nitrogen and oxygen atoms in total. The van der Waals surface area contributed by atoms with Gasteiger partial charge in [0.1, 0.15) is 0 Å². The van der Waals surface area contributed by atoms with E-state index in [1.165, 1.54) is 10.8 Å². The fraction of sp³-hybridized carbons (Fsp3) is 0.375. The minimum atomic E-state index is -0.232. The van der Waals surface area contributed by atoms with Gasteiger partial charge in [0.15, 0.2) is 6.29 Å². The van der Waals surface area contributed by atoms with Crippen LogP contribution in [0.1, 0.15) is 25.7 Å². The van der Waals surface area contributed by atoms with Crippen molar-refractivity contribution in [2.75, 3.05) is 13.2 Å². The van der Waals surface area contributed by atoms with E-state index in [2.05, 4.69) is 56.3 Å². The molecule has 1 saturated heterocycles. The van der Waals surface area contributed by atoms with E-state index in [4.69, 9.17) is 9.47 Å². The average Bonchev–Trinajstić information content (AvgIpc) is 2.38. The van der Waals surface area contributed by atoms with E-state index < -0.39 is 0 Å². The summed E-state index contributed by atoms with van der Waals surface area (Å²) >= 11 is 0. The van der Waals surface area contributed by atoms with Crippen LogP contribution in [0.2, 0.25) is 0 Å². The average molecular weight is 242 g/mol. The summed E-state index contributed by atoms with van der Waals surface area (Å²) in [5.74, 6) is 0. The predicted octanol–water partition coefficient (Wildman–Crippen LogP) is 3.91. The van der Waals surface area contributed by atoms with Crippen molar-refractivity contribution in [2.45, 2.75) is 20.1 Å². The Balaban J connectivity index is 1.96. The maximum atomic E-state index is 5.87. The Morgan fingerprint density at radius 3 is 2.39 bits per heavy atom. The summed E-state index contributed by atoms with van der Waals surface area (Å²) < 4.78 is 11.7. The van der Waals surface area contributed by atoms with E-state index in [0.717, 1.165) is 18.8 Å². The molecule has 3 rings (SSSR count). The van der Waals surface area contributed by atoms with Crippen LogP contribution in [-0.2, 0) is 9.47 Å². The van der Waals surface area contributed by atoms with Gasteiger partial charge >= 0.3 is 0 Å². The lowest BCUT2D eigenvalue weighted by Crippen LogP contribution is -2.33. The summed E-state index contributed by atoms with van der Waals surface area (Å²) in [6.45, 7) is 5.79. The van der Waals surface area contributed by atoms with Crippen LogP contribution in [0, 0.1) is 5.41 Å². The number of rotatable bonds is 1. The summed E-state index contributed by atoms with van der Waals surface area (Å²) in [6.07, 6.45) is -0.232. The van der Waals surface area contributed by atoms with E-state index in [-0.39, 0.29) is 11.7 Å². The molecule has 1 heterocycles. The monoisotopic (exact) mass is 242 g/mol. The highest BCUT2D eigenvalue weighted by Crippen LogP contribution is 2.34. The van der Waals surface area contributed by atoms with Crippen molar-refractivity contribution in [1.29, 1.82) is 0 Å². The Labute approximate surface area is 108 Å². The van der Waals surface area contributed by atoms with Gasteiger partial charge in [0.05, 0.1) is 13.2 Å². The molecular weight excluding hydrogens is 224 g/mol. The van der Waals surface area contributed by atoms with Crippen LogP contribution in [0.15, 0.2) is 42.5 Å². The van der Waals surface area contributed by atoms with Gasteiger partial charge in [-0.15, -0.1) is 0 Å². The molecule has 0 aliphatic carbocycles. The first kappa shape index (κ1) is 11.7. The second-order valence-corrected chi connectivity index (χ2v) is 5.69. The predicted molar refractivity (Wildman–Crippen MR) is 72.4 cm³/mol. The lowest BCUT2D eigenvalue weighted by Gasteiger charge is -2.35. The third-order valence-electron chi connectivity index (χ3n) is 3.33. The SMILES string of the molecule is CC1(C)COC(c2cccc3ccccc23)OC1. The van der Waals surface area contributed by atoms with Gasteiger partial charge in [-0.2, -0.15) is 0 Å². The number of hydrogen-bond acceptors (Lipinski definition) is 2. The summed E-state index contributed by atoms with van der Waals surface area (Å²) in [6, 6.07) is 14.6. The Kier molecular flexibility index (Phi) is 2.84. The van der Waals surface area contributed by atoms with Gasteiger partial charge in [-0.1, -0.05) is 56.3 Å². The van der Waals surface area contributed by atoms with Crippen LogP contribution in [0.5, 0.6) is 0 Å². The molecular formula is C16H18O2. The normalized spacial score (nSPS) is 20.1. The lowest BCUT2D eigenvalue weighted by atomic mass is 9.95. The molecule has 18 heavy (non-hydrogen) atoms. The maximum Gasteiger partial charge on any atom is 0.184 e. The van der Waals surface area contributed by atoms with Gasteiger partial charge in [0, 0.05) is 11.0 Å². The van der Waals surface area contributed by atoms with Gasteiger partial charge in [0.25, 0.3) is 0 Å². The molecule has 1 fully saturated rings. The standard InChI is InChI=1S/C16H18O2/c1-16(2)10-17-15(18-11-16)14-9-5-7-12-6-3-4-8-13(12)14/h3-9,15H,10-11H2,1-2H3. The smallest absolute Gasteiger partial charge is 0.184 e. The molecule has 0 bridgehead atoms. The molecule has 2 heteroatoms. The van der Waals surface area contributed by atoms with Crippen LogP contribution in [-0.4, -0.2) is 13.2 Å². The van der Waals surface area contributed by atoms with Crippen LogP contribution >= 0.6 is 0 Å². The fourth-order valence-electron chi connectivity index (χ4n) is 2.33. The van der Waals surface area contributed by atoms with Crippen LogP contribution in [0.3, 0.4) is 0 Å². The second kappa shape index (κ2) is 4.38. The molecule has 2 aromatic carbocycles. The zero-order valence-corrected chi connectivity index (χ0v) is 10.8. The van der Waals surface area contributed by atoms with Crippen molar-refractivity contribution in [3.63, 3.8) is 0 Å². The van der Waals surface area contributed by atoms with Crippen LogP contribution in [0.25, 0.3) is 10.8 Å². The molecule has 0 atom stereocenters. The summed E-state index contributed by atoms with van der Waals surface area (Å²) in [5.41, 5.74) is 1.24. The largest absolute Gasteiger partial charge is 0.348 e. The van der Waals surface area contributed by atoms with Gasteiger partial charge < -0.3 is 9.47 Å². The topological polar surface area (TPSA) is 18.5 Å². The van der Waals surface area contributed by atoms with Crippen molar-refractivity contribution in [1.82, 2.24) is 0 Å². The molecule has 0 spiro atoms. The van der Waals surface area contributed by atoms with Crippen molar-refractivity contribution in [3.05, 3.63) is 48.0 Å². The molecule has 1 aliphatic rings. The van der Waals surface area contributed by atoms with Crippen molar-refractivity contribution in [3.8, 4) is 0 Å². The highest BCUT2D eigenvalue weighted by Gasteiger charge is 2.29. The van der Waals surface area contributed by atoms with Gasteiger partial charge in [-0.3, -0.25) is 0 Å². The zero-order chi connectivity index (χ0) is 12.6. The van der Waals surface area contributed by atoms with E-state index >= 15 is 0 Å². The summed E-state index contributed by atoms with van der Waals surface area (Å²) in [4.78, 5) is 0. The first-order valence-electron chi connectivity index (χ1n) is 6.37. The zero-order valence-electron chi connectivity index (χ0n) is 10.8. The maximum absolute atomic E-state index is 5.87. The minimum Gasteiger partial charge on any atom is -0.348 e. The Bertz CT molecular complexity index is 545. The molecule has 0 amide bonds. The summed E-state index contributed by atoms with van der Waals surface area (Å²) in [5, 5.41) is 2.44.